The Balaban J connectivity index is 1.66. The van der Waals surface area contributed by atoms with Gasteiger partial charge in [0, 0.05) is 26.3 Å². The lowest BCUT2D eigenvalue weighted by atomic mass is 10.1. The number of methoxy groups -OCH3 is 2. The molecule has 1 aliphatic rings. The van der Waals surface area contributed by atoms with E-state index < -0.39 is 0 Å². The maximum Gasteiger partial charge on any atom is 0.273 e. The fourth-order valence-electron chi connectivity index (χ4n) is 2.54. The number of hydrogen-bond acceptors (Lipinski definition) is 8. The Bertz CT molecular complexity index is 895. The average molecular weight is 389 g/mol. The highest BCUT2D eigenvalue weighted by molar-refractivity contribution is 7.15. The molecule has 27 heavy (non-hydrogen) atoms. The van der Waals surface area contributed by atoms with E-state index in [0.717, 1.165) is 10.6 Å². The summed E-state index contributed by atoms with van der Waals surface area (Å²) in [5, 5.41) is 17.1. The van der Waals surface area contributed by atoms with E-state index in [1.807, 2.05) is 18.2 Å². The number of aromatic nitrogens is 2. The Hall–Kier alpha value is -3.01. The SMILES string of the molecule is COc1ccc(Cc2nnc(NC(=O)C3=NN(C)C(=O)CC3)s2)cc1OC. The molecule has 2 amide bonds. The van der Waals surface area contributed by atoms with Crippen LogP contribution in [0, 0.1) is 0 Å². The van der Waals surface area contributed by atoms with Gasteiger partial charge in [-0.1, -0.05) is 17.4 Å². The van der Waals surface area contributed by atoms with Crippen molar-refractivity contribution >= 4 is 34.0 Å². The van der Waals surface area contributed by atoms with Crippen LogP contribution < -0.4 is 14.8 Å². The molecule has 0 aliphatic carbocycles. The molecule has 2 aromatic rings. The van der Waals surface area contributed by atoms with E-state index in [1.165, 1.54) is 23.4 Å². The summed E-state index contributed by atoms with van der Waals surface area (Å²) in [6, 6.07) is 5.63. The molecule has 142 valence electrons. The number of rotatable bonds is 6. The molecule has 0 unspecified atom stereocenters. The van der Waals surface area contributed by atoms with Crippen molar-refractivity contribution in [3.63, 3.8) is 0 Å². The zero-order valence-electron chi connectivity index (χ0n) is 15.2. The monoisotopic (exact) mass is 389 g/mol. The van der Waals surface area contributed by atoms with Gasteiger partial charge in [0.2, 0.25) is 11.0 Å². The largest absolute Gasteiger partial charge is 0.493 e. The van der Waals surface area contributed by atoms with Crippen molar-refractivity contribution in [3.05, 3.63) is 28.8 Å². The van der Waals surface area contributed by atoms with Gasteiger partial charge < -0.3 is 9.47 Å². The normalized spacial score (nSPS) is 14.0. The van der Waals surface area contributed by atoms with Crippen LogP contribution >= 0.6 is 11.3 Å². The van der Waals surface area contributed by atoms with Gasteiger partial charge in [-0.2, -0.15) is 5.10 Å². The Kier molecular flexibility index (Phi) is 5.65. The first-order valence-corrected chi connectivity index (χ1v) is 9.00. The highest BCUT2D eigenvalue weighted by Crippen LogP contribution is 2.29. The molecule has 0 atom stereocenters. The van der Waals surface area contributed by atoms with Gasteiger partial charge in [0.1, 0.15) is 10.7 Å². The molecule has 0 spiro atoms. The third kappa shape index (κ3) is 4.40. The second kappa shape index (κ2) is 8.12. The highest BCUT2D eigenvalue weighted by Gasteiger charge is 2.22. The summed E-state index contributed by atoms with van der Waals surface area (Å²) < 4.78 is 10.5. The first-order chi connectivity index (χ1) is 13.0. The number of amides is 2. The summed E-state index contributed by atoms with van der Waals surface area (Å²) in [6.45, 7) is 0. The Morgan fingerprint density at radius 1 is 1.22 bits per heavy atom. The van der Waals surface area contributed by atoms with Crippen LogP contribution in [0.5, 0.6) is 11.5 Å². The van der Waals surface area contributed by atoms with Gasteiger partial charge in [-0.05, 0) is 17.7 Å². The van der Waals surface area contributed by atoms with E-state index in [-0.39, 0.29) is 18.2 Å². The topological polar surface area (TPSA) is 106 Å². The molecule has 1 aliphatic heterocycles. The lowest BCUT2D eigenvalue weighted by molar-refractivity contribution is -0.130. The Morgan fingerprint density at radius 2 is 2.00 bits per heavy atom. The summed E-state index contributed by atoms with van der Waals surface area (Å²) in [6.07, 6.45) is 1.13. The van der Waals surface area contributed by atoms with Crippen molar-refractivity contribution in [2.45, 2.75) is 19.3 Å². The molecule has 3 rings (SSSR count). The van der Waals surface area contributed by atoms with Gasteiger partial charge in [-0.3, -0.25) is 14.9 Å². The Labute approximate surface area is 160 Å². The summed E-state index contributed by atoms with van der Waals surface area (Å²) in [5.74, 6) is 0.813. The van der Waals surface area contributed by atoms with Crippen LogP contribution in [0.3, 0.4) is 0 Å². The number of ether oxygens (including phenoxy) is 2. The van der Waals surface area contributed by atoms with Gasteiger partial charge >= 0.3 is 0 Å². The number of anilines is 1. The van der Waals surface area contributed by atoms with Crippen molar-refractivity contribution in [1.29, 1.82) is 0 Å². The number of hydrazone groups is 1. The first-order valence-electron chi connectivity index (χ1n) is 8.19. The van der Waals surface area contributed by atoms with E-state index in [2.05, 4.69) is 20.6 Å². The molecule has 0 radical (unpaired) electrons. The molecular formula is C17H19N5O4S. The molecule has 9 nitrogen and oxygen atoms in total. The number of nitrogens with zero attached hydrogens (tertiary/aromatic N) is 4. The summed E-state index contributed by atoms with van der Waals surface area (Å²) in [7, 11) is 4.70. The van der Waals surface area contributed by atoms with Crippen LogP contribution in [-0.4, -0.2) is 54.0 Å². The van der Waals surface area contributed by atoms with Gasteiger partial charge in [0.25, 0.3) is 5.91 Å². The Morgan fingerprint density at radius 3 is 2.70 bits per heavy atom. The predicted molar refractivity (Wildman–Crippen MR) is 100 cm³/mol. The van der Waals surface area contributed by atoms with Crippen LogP contribution in [0.2, 0.25) is 0 Å². The van der Waals surface area contributed by atoms with E-state index >= 15 is 0 Å². The van der Waals surface area contributed by atoms with Gasteiger partial charge in [0.05, 0.1) is 14.2 Å². The van der Waals surface area contributed by atoms with Gasteiger partial charge in [-0.25, -0.2) is 5.01 Å². The zero-order valence-corrected chi connectivity index (χ0v) is 16.0. The van der Waals surface area contributed by atoms with Crippen molar-refractivity contribution in [3.8, 4) is 11.5 Å². The summed E-state index contributed by atoms with van der Waals surface area (Å²) in [4.78, 5) is 23.7. The van der Waals surface area contributed by atoms with Crippen molar-refractivity contribution in [2.24, 2.45) is 5.10 Å². The van der Waals surface area contributed by atoms with Gasteiger partial charge in [-0.15, -0.1) is 10.2 Å². The quantitative estimate of drug-likeness (QED) is 0.806. The zero-order chi connectivity index (χ0) is 19.4. The molecule has 1 N–H and O–H groups in total. The van der Waals surface area contributed by atoms with Crippen LogP contribution in [0.1, 0.15) is 23.4 Å². The highest BCUT2D eigenvalue weighted by atomic mass is 32.1. The third-order valence-electron chi connectivity index (χ3n) is 3.96. The number of carbonyl (C=O) groups is 2. The fraction of sp³-hybridized carbons (Fsp3) is 0.353. The second-order valence-electron chi connectivity index (χ2n) is 5.79. The minimum absolute atomic E-state index is 0.111. The van der Waals surface area contributed by atoms with Crippen LogP contribution in [-0.2, 0) is 16.0 Å². The van der Waals surface area contributed by atoms with Crippen LogP contribution in [0.25, 0.3) is 0 Å². The number of nitrogens with one attached hydrogen (secondary N) is 1. The second-order valence-corrected chi connectivity index (χ2v) is 6.85. The summed E-state index contributed by atoms with van der Waals surface area (Å²) >= 11 is 1.28. The molecule has 1 aromatic carbocycles. The lowest BCUT2D eigenvalue weighted by Crippen LogP contribution is -2.34. The van der Waals surface area contributed by atoms with Crippen molar-refractivity contribution in [2.75, 3.05) is 26.6 Å². The smallest absolute Gasteiger partial charge is 0.273 e. The third-order valence-corrected chi connectivity index (χ3v) is 4.80. The molecular weight excluding hydrogens is 370 g/mol. The molecule has 1 aromatic heterocycles. The van der Waals surface area contributed by atoms with Crippen molar-refractivity contribution in [1.82, 2.24) is 15.2 Å². The number of carbonyl (C=O) groups excluding carboxylic acids is 2. The van der Waals surface area contributed by atoms with Gasteiger partial charge in [0.15, 0.2) is 11.5 Å². The van der Waals surface area contributed by atoms with Crippen LogP contribution in [0.4, 0.5) is 5.13 Å². The minimum Gasteiger partial charge on any atom is -0.493 e. The van der Waals surface area contributed by atoms with E-state index in [0.29, 0.717) is 35.2 Å². The molecule has 0 bridgehead atoms. The molecule has 0 saturated heterocycles. The predicted octanol–water partition coefficient (Wildman–Crippen LogP) is 1.69. The van der Waals surface area contributed by atoms with Crippen molar-refractivity contribution < 1.29 is 19.1 Å². The van der Waals surface area contributed by atoms with E-state index in [9.17, 15) is 9.59 Å². The van der Waals surface area contributed by atoms with E-state index in [4.69, 9.17) is 9.47 Å². The number of hydrogen-bond donors (Lipinski definition) is 1. The average Bonchev–Trinajstić information content (AvgIpc) is 3.10. The molecule has 2 heterocycles. The molecule has 10 heteroatoms. The molecule has 0 saturated carbocycles. The maximum atomic E-state index is 12.3. The standard InChI is InChI=1S/C17H19N5O4S/c1-22-15(23)7-5-11(21-22)16(24)18-17-20-19-14(27-17)9-10-4-6-12(25-2)13(8-10)26-3/h4,6,8H,5,7,9H2,1-3H3,(H,18,20,24). The lowest BCUT2D eigenvalue weighted by Gasteiger charge is -2.18. The maximum absolute atomic E-state index is 12.3. The number of benzene rings is 1. The fourth-order valence-corrected chi connectivity index (χ4v) is 3.31. The summed E-state index contributed by atoms with van der Waals surface area (Å²) in [5.41, 5.74) is 1.28. The minimum atomic E-state index is -0.372. The first kappa shape index (κ1) is 18.8. The molecule has 0 fully saturated rings. The van der Waals surface area contributed by atoms with E-state index in [1.54, 1.807) is 14.2 Å². The van der Waals surface area contributed by atoms with Crippen LogP contribution in [0.15, 0.2) is 23.3 Å².